The van der Waals surface area contributed by atoms with Gasteiger partial charge < -0.3 is 19.3 Å². The van der Waals surface area contributed by atoms with Gasteiger partial charge in [0, 0.05) is 18.1 Å². The lowest BCUT2D eigenvalue weighted by Gasteiger charge is -2.33. The second-order valence-corrected chi connectivity index (χ2v) is 10.0. The molecule has 1 N–H and O–H groups in total. The van der Waals surface area contributed by atoms with E-state index in [1.807, 2.05) is 20.8 Å². The van der Waals surface area contributed by atoms with Crippen LogP contribution in [0.2, 0.25) is 0 Å². The molecule has 1 atom stereocenters. The van der Waals surface area contributed by atoms with E-state index < -0.39 is 0 Å². The quantitative estimate of drug-likeness (QED) is 0.398. The van der Waals surface area contributed by atoms with Crippen molar-refractivity contribution in [3.05, 3.63) is 0 Å². The molecule has 5 nitrogen and oxygen atoms in total. The maximum absolute atomic E-state index is 12.8. The highest BCUT2D eigenvalue weighted by atomic mass is 16.5. The van der Waals surface area contributed by atoms with Crippen LogP contribution in [0.3, 0.4) is 0 Å². The van der Waals surface area contributed by atoms with Crippen molar-refractivity contribution in [1.29, 1.82) is 0 Å². The third kappa shape index (κ3) is 12.8. The molecule has 0 amide bonds. The fourth-order valence-electron chi connectivity index (χ4n) is 2.87. The summed E-state index contributed by atoms with van der Waals surface area (Å²) in [5.41, 5.74) is -0.363. The minimum atomic E-state index is -0.308. The van der Waals surface area contributed by atoms with Crippen molar-refractivity contribution in [3.8, 4) is 0 Å². The summed E-state index contributed by atoms with van der Waals surface area (Å²) in [5.74, 6) is 0.313. The number of carbonyl (C=O) groups excluding carboxylic acids is 1. The summed E-state index contributed by atoms with van der Waals surface area (Å²) in [6.45, 7) is 16.6. The van der Waals surface area contributed by atoms with E-state index in [-0.39, 0.29) is 17.0 Å². The Hall–Kier alpha value is -0.490. The number of quaternary nitrogens is 1. The van der Waals surface area contributed by atoms with Crippen LogP contribution in [0.25, 0.3) is 0 Å². The van der Waals surface area contributed by atoms with Gasteiger partial charge in [-0.25, -0.2) is 0 Å². The lowest BCUT2D eigenvalue weighted by atomic mass is 9.84. The minimum absolute atomic E-state index is 0.0551. The maximum Gasteiger partial charge on any atom is 0.155 e. The van der Waals surface area contributed by atoms with Gasteiger partial charge in [-0.2, -0.15) is 0 Å². The molecule has 0 aromatic rings. The van der Waals surface area contributed by atoms with Crippen LogP contribution >= 0.6 is 0 Å². The second-order valence-electron chi connectivity index (χ2n) is 10.0. The van der Waals surface area contributed by atoms with Crippen molar-refractivity contribution in [2.24, 2.45) is 5.41 Å². The van der Waals surface area contributed by atoms with E-state index in [1.54, 1.807) is 7.11 Å². The van der Waals surface area contributed by atoms with Gasteiger partial charge in [-0.15, -0.1) is 0 Å². The SMILES string of the molecule is COCCOCC[N+](C)(C)CCCCC(NC(C)(C)C)C(=O)C(C)(C)C. The summed E-state index contributed by atoms with van der Waals surface area (Å²) in [5, 5.41) is 3.53. The minimum Gasteiger partial charge on any atom is -0.382 e. The largest absolute Gasteiger partial charge is 0.382 e. The number of nitrogens with one attached hydrogen (secondary N) is 1. The molecule has 0 heterocycles. The standard InChI is InChI=1S/C21H45N2O3/c1-20(2,3)19(24)18(22-21(4,5)6)12-10-11-13-23(7,8)14-15-26-17-16-25-9/h18,22H,10-17H2,1-9H3/q+1. The first kappa shape index (κ1) is 25.5. The first-order valence-electron chi connectivity index (χ1n) is 9.99. The first-order valence-corrected chi connectivity index (χ1v) is 9.99. The molecular formula is C21H45N2O3+. The average Bonchev–Trinajstić information content (AvgIpc) is 2.47. The number of likely N-dealkylation sites (N-methyl/N-ethyl adjacent to an activating group) is 1. The van der Waals surface area contributed by atoms with Crippen LogP contribution < -0.4 is 5.32 Å². The number of methoxy groups -OCH3 is 1. The van der Waals surface area contributed by atoms with Crippen molar-refractivity contribution in [2.75, 3.05) is 54.1 Å². The molecule has 0 aromatic carbocycles. The fourth-order valence-corrected chi connectivity index (χ4v) is 2.87. The Bertz CT molecular complexity index is 395. The van der Waals surface area contributed by atoms with E-state index in [1.165, 1.54) is 0 Å². The molecule has 0 fully saturated rings. The van der Waals surface area contributed by atoms with E-state index in [0.29, 0.717) is 19.0 Å². The van der Waals surface area contributed by atoms with Crippen LogP contribution in [0, 0.1) is 5.41 Å². The van der Waals surface area contributed by atoms with Gasteiger partial charge in [-0.1, -0.05) is 20.8 Å². The van der Waals surface area contributed by atoms with Gasteiger partial charge >= 0.3 is 0 Å². The van der Waals surface area contributed by atoms with E-state index in [2.05, 4.69) is 40.2 Å². The molecule has 26 heavy (non-hydrogen) atoms. The zero-order chi connectivity index (χ0) is 20.4. The Morgan fingerprint density at radius 1 is 0.962 bits per heavy atom. The van der Waals surface area contributed by atoms with Crippen LogP contribution in [0.4, 0.5) is 0 Å². The maximum atomic E-state index is 12.8. The summed E-state index contributed by atoms with van der Waals surface area (Å²) in [6, 6.07) is -0.0667. The first-order chi connectivity index (χ1) is 11.8. The lowest BCUT2D eigenvalue weighted by molar-refractivity contribution is -0.891. The normalized spacial score (nSPS) is 14.5. The van der Waals surface area contributed by atoms with Crippen LogP contribution in [-0.2, 0) is 14.3 Å². The van der Waals surface area contributed by atoms with E-state index in [0.717, 1.165) is 43.4 Å². The predicted octanol–water partition coefficient (Wildman–Crippen LogP) is 3.27. The number of Topliss-reactive ketones (excluding diaryl/α,β-unsaturated/α-hetero) is 1. The molecule has 0 aliphatic carbocycles. The van der Waals surface area contributed by atoms with Gasteiger partial charge in [-0.3, -0.25) is 4.79 Å². The summed E-state index contributed by atoms with van der Waals surface area (Å²) < 4.78 is 11.5. The van der Waals surface area contributed by atoms with Gasteiger partial charge in [0.05, 0.1) is 46.5 Å². The number of carbonyl (C=O) groups is 1. The molecule has 0 saturated heterocycles. The molecule has 0 bridgehead atoms. The molecule has 0 aromatic heterocycles. The highest BCUT2D eigenvalue weighted by Gasteiger charge is 2.31. The van der Waals surface area contributed by atoms with Crippen LogP contribution in [-0.4, -0.2) is 76.0 Å². The van der Waals surface area contributed by atoms with Crippen LogP contribution in [0.5, 0.6) is 0 Å². The molecule has 0 rings (SSSR count). The Labute approximate surface area is 162 Å². The Morgan fingerprint density at radius 2 is 1.58 bits per heavy atom. The Morgan fingerprint density at radius 3 is 2.08 bits per heavy atom. The monoisotopic (exact) mass is 373 g/mol. The highest BCUT2D eigenvalue weighted by molar-refractivity contribution is 5.88. The molecule has 0 aliphatic heterocycles. The summed E-state index contributed by atoms with van der Waals surface area (Å²) in [4.78, 5) is 12.8. The third-order valence-corrected chi connectivity index (χ3v) is 4.44. The Kier molecular flexibility index (Phi) is 11.2. The van der Waals surface area contributed by atoms with Crippen LogP contribution in [0.15, 0.2) is 0 Å². The third-order valence-electron chi connectivity index (χ3n) is 4.44. The smallest absolute Gasteiger partial charge is 0.155 e. The zero-order valence-electron chi connectivity index (χ0n) is 18.9. The van der Waals surface area contributed by atoms with Crippen molar-refractivity contribution in [3.63, 3.8) is 0 Å². The molecule has 0 aliphatic rings. The number of unbranched alkanes of at least 4 members (excludes halogenated alkanes) is 1. The molecular weight excluding hydrogens is 328 g/mol. The number of hydrogen-bond acceptors (Lipinski definition) is 4. The average molecular weight is 374 g/mol. The number of nitrogens with zero attached hydrogens (tertiary/aromatic N) is 1. The van der Waals surface area contributed by atoms with Crippen molar-refractivity contribution in [1.82, 2.24) is 5.32 Å². The lowest BCUT2D eigenvalue weighted by Crippen LogP contribution is -2.51. The second kappa shape index (κ2) is 11.4. The molecule has 0 saturated carbocycles. The molecule has 0 radical (unpaired) electrons. The molecule has 156 valence electrons. The van der Waals surface area contributed by atoms with Gasteiger partial charge in [0.15, 0.2) is 5.78 Å². The van der Waals surface area contributed by atoms with Gasteiger partial charge in [0.25, 0.3) is 0 Å². The van der Waals surface area contributed by atoms with Gasteiger partial charge in [0.2, 0.25) is 0 Å². The number of hydrogen-bond donors (Lipinski definition) is 1. The molecule has 0 spiro atoms. The van der Waals surface area contributed by atoms with E-state index in [9.17, 15) is 4.79 Å². The molecule has 5 heteroatoms. The van der Waals surface area contributed by atoms with E-state index >= 15 is 0 Å². The number of rotatable bonds is 13. The predicted molar refractivity (Wildman–Crippen MR) is 110 cm³/mol. The van der Waals surface area contributed by atoms with Gasteiger partial charge in [-0.05, 0) is 40.0 Å². The summed E-state index contributed by atoms with van der Waals surface area (Å²) in [7, 11) is 6.17. The summed E-state index contributed by atoms with van der Waals surface area (Å²) >= 11 is 0. The molecule has 1 unspecified atom stereocenters. The van der Waals surface area contributed by atoms with Gasteiger partial charge in [0.1, 0.15) is 6.54 Å². The number of ketones is 1. The highest BCUT2D eigenvalue weighted by Crippen LogP contribution is 2.21. The zero-order valence-corrected chi connectivity index (χ0v) is 18.9. The summed E-state index contributed by atoms with van der Waals surface area (Å²) in [6.07, 6.45) is 3.07. The Balaban J connectivity index is 4.34. The van der Waals surface area contributed by atoms with Crippen LogP contribution in [0.1, 0.15) is 60.8 Å². The van der Waals surface area contributed by atoms with E-state index in [4.69, 9.17) is 9.47 Å². The van der Waals surface area contributed by atoms with Crippen molar-refractivity contribution < 1.29 is 18.8 Å². The van der Waals surface area contributed by atoms with Crippen molar-refractivity contribution in [2.45, 2.75) is 72.4 Å². The topological polar surface area (TPSA) is 47.6 Å². The number of ether oxygens (including phenoxy) is 2. The van der Waals surface area contributed by atoms with Crippen molar-refractivity contribution >= 4 is 5.78 Å². The fraction of sp³-hybridized carbons (Fsp3) is 0.952.